The first kappa shape index (κ1) is 13.2. The Morgan fingerprint density at radius 1 is 1.59 bits per heavy atom. The van der Waals surface area contributed by atoms with Gasteiger partial charge in [-0.05, 0) is 13.3 Å². The van der Waals surface area contributed by atoms with Crippen molar-refractivity contribution >= 4 is 5.91 Å². The monoisotopic (exact) mass is 234 g/mol. The summed E-state index contributed by atoms with van der Waals surface area (Å²) in [6.45, 7) is 8.47. The van der Waals surface area contributed by atoms with Gasteiger partial charge in [0.25, 0.3) is 5.91 Å². The molecule has 0 saturated heterocycles. The number of H-pyrrole nitrogens is 1. The van der Waals surface area contributed by atoms with E-state index in [-0.39, 0.29) is 16.9 Å². The summed E-state index contributed by atoms with van der Waals surface area (Å²) in [5.41, 5.74) is 0.694. The lowest BCUT2D eigenvalue weighted by Crippen LogP contribution is -2.35. The van der Waals surface area contributed by atoms with Crippen LogP contribution in [0.3, 0.4) is 0 Å². The second kappa shape index (κ2) is 6.03. The van der Waals surface area contributed by atoms with Gasteiger partial charge in [0.15, 0.2) is 5.43 Å². The van der Waals surface area contributed by atoms with Crippen LogP contribution in [0.5, 0.6) is 0 Å². The number of carbonyl (C=O) groups excluding carboxylic acids is 1. The van der Waals surface area contributed by atoms with Crippen LogP contribution in [0.2, 0.25) is 0 Å². The highest BCUT2D eigenvalue weighted by atomic mass is 16.2. The second-order valence-corrected chi connectivity index (χ2v) is 3.93. The highest BCUT2D eigenvalue weighted by Gasteiger charge is 2.16. The van der Waals surface area contributed by atoms with Crippen LogP contribution in [-0.2, 0) is 0 Å². The number of aryl methyl sites for hydroxylation is 1. The molecule has 4 nitrogen and oxygen atoms in total. The van der Waals surface area contributed by atoms with E-state index in [1.54, 1.807) is 17.9 Å². The average Bonchev–Trinajstić information content (AvgIpc) is 2.28. The molecule has 0 unspecified atom stereocenters. The van der Waals surface area contributed by atoms with E-state index in [1.807, 2.05) is 6.92 Å². The van der Waals surface area contributed by atoms with Gasteiger partial charge in [-0.25, -0.2) is 0 Å². The number of rotatable bonds is 5. The minimum atomic E-state index is -0.243. The fraction of sp³-hybridized carbons (Fsp3) is 0.385. The molecule has 4 heteroatoms. The molecule has 92 valence electrons. The van der Waals surface area contributed by atoms with Crippen molar-refractivity contribution in [3.8, 4) is 0 Å². The summed E-state index contributed by atoms with van der Waals surface area (Å²) in [6, 6.07) is 1.44. The molecule has 0 aliphatic heterocycles. The number of hydrogen-bond donors (Lipinski definition) is 1. The molecule has 0 radical (unpaired) electrons. The van der Waals surface area contributed by atoms with Gasteiger partial charge in [0.1, 0.15) is 5.56 Å². The van der Waals surface area contributed by atoms with E-state index in [9.17, 15) is 9.59 Å². The highest BCUT2D eigenvalue weighted by Crippen LogP contribution is 2.01. The molecule has 1 aromatic rings. The lowest BCUT2D eigenvalue weighted by atomic mass is 10.2. The summed E-state index contributed by atoms with van der Waals surface area (Å²) in [6.07, 6.45) is 3.99. The van der Waals surface area contributed by atoms with E-state index in [0.717, 1.165) is 12.1 Å². The van der Waals surface area contributed by atoms with Crippen LogP contribution in [0.1, 0.15) is 29.4 Å². The van der Waals surface area contributed by atoms with Crippen LogP contribution in [0.4, 0.5) is 0 Å². The molecule has 0 fully saturated rings. The van der Waals surface area contributed by atoms with Gasteiger partial charge in [-0.1, -0.05) is 13.0 Å². The Balaban J connectivity index is 3.00. The summed E-state index contributed by atoms with van der Waals surface area (Å²) in [7, 11) is 0. The molecule has 0 saturated carbocycles. The van der Waals surface area contributed by atoms with Gasteiger partial charge in [0.05, 0.1) is 0 Å². The fourth-order valence-corrected chi connectivity index (χ4v) is 1.61. The topological polar surface area (TPSA) is 53.2 Å². The highest BCUT2D eigenvalue weighted by molar-refractivity contribution is 5.93. The second-order valence-electron chi connectivity index (χ2n) is 3.93. The smallest absolute Gasteiger partial charge is 0.259 e. The predicted molar refractivity (Wildman–Crippen MR) is 68.2 cm³/mol. The Morgan fingerprint density at radius 3 is 2.82 bits per heavy atom. The molecule has 0 spiro atoms. The predicted octanol–water partition coefficient (Wildman–Crippen LogP) is 1.72. The molecule has 17 heavy (non-hydrogen) atoms. The van der Waals surface area contributed by atoms with E-state index in [4.69, 9.17) is 0 Å². The van der Waals surface area contributed by atoms with Gasteiger partial charge in [-0.15, -0.1) is 6.58 Å². The van der Waals surface area contributed by atoms with Crippen molar-refractivity contribution in [3.05, 3.63) is 46.4 Å². The molecular weight excluding hydrogens is 216 g/mol. The number of amides is 1. The van der Waals surface area contributed by atoms with Crippen LogP contribution in [0, 0.1) is 6.92 Å². The van der Waals surface area contributed by atoms with Crippen LogP contribution in [-0.4, -0.2) is 28.9 Å². The number of hydrogen-bond acceptors (Lipinski definition) is 2. The quantitative estimate of drug-likeness (QED) is 0.789. The van der Waals surface area contributed by atoms with Crippen molar-refractivity contribution in [1.82, 2.24) is 9.88 Å². The van der Waals surface area contributed by atoms with Crippen LogP contribution < -0.4 is 5.43 Å². The molecule has 1 amide bonds. The Morgan fingerprint density at radius 2 is 2.29 bits per heavy atom. The zero-order valence-corrected chi connectivity index (χ0v) is 10.3. The Kier molecular flexibility index (Phi) is 4.69. The van der Waals surface area contributed by atoms with Crippen LogP contribution in [0.15, 0.2) is 29.7 Å². The van der Waals surface area contributed by atoms with Crippen molar-refractivity contribution < 1.29 is 4.79 Å². The third kappa shape index (κ3) is 3.31. The van der Waals surface area contributed by atoms with Gasteiger partial charge >= 0.3 is 0 Å². The van der Waals surface area contributed by atoms with E-state index >= 15 is 0 Å². The third-order valence-corrected chi connectivity index (χ3v) is 2.42. The first-order valence-corrected chi connectivity index (χ1v) is 5.69. The maximum absolute atomic E-state index is 12.1. The molecule has 1 aromatic heterocycles. The van der Waals surface area contributed by atoms with Gasteiger partial charge < -0.3 is 9.88 Å². The zero-order valence-electron chi connectivity index (χ0n) is 10.3. The van der Waals surface area contributed by atoms with Crippen molar-refractivity contribution in [2.45, 2.75) is 20.3 Å². The van der Waals surface area contributed by atoms with E-state index in [1.165, 1.54) is 12.3 Å². The molecule has 0 atom stereocenters. The van der Waals surface area contributed by atoms with Crippen molar-refractivity contribution in [2.75, 3.05) is 13.1 Å². The summed E-state index contributed by atoms with van der Waals surface area (Å²) in [5.74, 6) is -0.243. The number of carbonyl (C=O) groups is 1. The molecular formula is C13H18N2O2. The van der Waals surface area contributed by atoms with Gasteiger partial charge in [0.2, 0.25) is 0 Å². The molecule has 0 aromatic carbocycles. The van der Waals surface area contributed by atoms with E-state index in [2.05, 4.69) is 11.6 Å². The van der Waals surface area contributed by atoms with Gasteiger partial charge in [-0.2, -0.15) is 0 Å². The molecule has 0 aliphatic carbocycles. The minimum absolute atomic E-state index is 0.186. The van der Waals surface area contributed by atoms with Gasteiger partial charge in [-0.3, -0.25) is 9.59 Å². The van der Waals surface area contributed by atoms with Crippen LogP contribution >= 0.6 is 0 Å². The number of aromatic amines is 1. The standard InChI is InChI=1S/C13H18N2O2/c1-4-6-15(7-5-2)13(17)11-9-14-10(3)8-12(11)16/h4,8-9H,1,5-7H2,2-3H3,(H,14,16). The summed E-state index contributed by atoms with van der Waals surface area (Å²) in [4.78, 5) is 28.3. The Bertz CT molecular complexity index is 463. The first-order valence-electron chi connectivity index (χ1n) is 5.69. The van der Waals surface area contributed by atoms with Crippen molar-refractivity contribution in [3.63, 3.8) is 0 Å². The number of pyridine rings is 1. The number of aromatic nitrogens is 1. The minimum Gasteiger partial charge on any atom is -0.364 e. The van der Waals surface area contributed by atoms with Gasteiger partial charge in [0, 0.05) is 31.0 Å². The fourth-order valence-electron chi connectivity index (χ4n) is 1.61. The lowest BCUT2D eigenvalue weighted by Gasteiger charge is -2.19. The van der Waals surface area contributed by atoms with E-state index < -0.39 is 0 Å². The molecule has 0 bridgehead atoms. The zero-order chi connectivity index (χ0) is 12.8. The number of nitrogens with one attached hydrogen (secondary N) is 1. The summed E-state index contributed by atoms with van der Waals surface area (Å²) < 4.78 is 0. The molecule has 1 rings (SSSR count). The van der Waals surface area contributed by atoms with Crippen LogP contribution in [0.25, 0.3) is 0 Å². The number of nitrogens with zero attached hydrogens (tertiary/aromatic N) is 1. The summed E-state index contributed by atoms with van der Waals surface area (Å²) in [5, 5.41) is 0. The Labute approximate surface area is 101 Å². The van der Waals surface area contributed by atoms with Crippen molar-refractivity contribution in [2.24, 2.45) is 0 Å². The molecule has 0 aliphatic rings. The lowest BCUT2D eigenvalue weighted by molar-refractivity contribution is 0.0772. The molecule has 1 heterocycles. The third-order valence-electron chi connectivity index (χ3n) is 2.42. The molecule has 1 N–H and O–H groups in total. The largest absolute Gasteiger partial charge is 0.364 e. The summed E-state index contributed by atoms with van der Waals surface area (Å²) >= 11 is 0. The average molecular weight is 234 g/mol. The maximum Gasteiger partial charge on any atom is 0.259 e. The Hall–Kier alpha value is -1.84. The SMILES string of the molecule is C=CCN(CCC)C(=O)c1c[nH]c(C)cc1=O. The maximum atomic E-state index is 12.1. The normalized spacial score (nSPS) is 10.0. The first-order chi connectivity index (χ1) is 8.10. The van der Waals surface area contributed by atoms with Crippen molar-refractivity contribution in [1.29, 1.82) is 0 Å². The van der Waals surface area contributed by atoms with E-state index in [0.29, 0.717) is 13.1 Å².